The van der Waals surface area contributed by atoms with Gasteiger partial charge in [0.05, 0.1) is 6.54 Å². The third-order valence-corrected chi connectivity index (χ3v) is 1.72. The lowest BCUT2D eigenvalue weighted by molar-refractivity contribution is -0.140. The third-order valence-electron chi connectivity index (χ3n) is 1.72. The highest BCUT2D eigenvalue weighted by Gasteiger charge is 2.16. The summed E-state index contributed by atoms with van der Waals surface area (Å²) < 4.78 is 0. The van der Waals surface area contributed by atoms with E-state index >= 15 is 0 Å². The zero-order valence-electron chi connectivity index (χ0n) is 8.12. The second kappa shape index (κ2) is 7.28. The molecule has 4 N–H and O–H groups in total. The first kappa shape index (κ1) is 12.9. The largest absolute Gasteiger partial charge is 0.480 e. The fraction of sp³-hybridized carbons (Fsp3) is 0.750. The van der Waals surface area contributed by atoms with Crippen molar-refractivity contribution in [3.05, 3.63) is 0 Å². The van der Waals surface area contributed by atoms with E-state index in [1.54, 1.807) is 7.05 Å². The van der Waals surface area contributed by atoms with Crippen LogP contribution >= 0.6 is 0 Å². The molecule has 0 radical (unpaired) electrons. The van der Waals surface area contributed by atoms with Crippen LogP contribution in [0.4, 0.5) is 0 Å². The summed E-state index contributed by atoms with van der Waals surface area (Å²) >= 11 is 0. The molecule has 0 bridgehead atoms. The lowest BCUT2D eigenvalue weighted by Gasteiger charge is -2.12. The van der Waals surface area contributed by atoms with Crippen LogP contribution in [0, 0.1) is 0 Å². The van der Waals surface area contributed by atoms with Gasteiger partial charge in [0.1, 0.15) is 6.04 Å². The van der Waals surface area contributed by atoms with E-state index in [-0.39, 0.29) is 6.54 Å². The van der Waals surface area contributed by atoms with Crippen LogP contribution in [0.5, 0.6) is 0 Å². The van der Waals surface area contributed by atoms with E-state index in [2.05, 4.69) is 10.6 Å². The summed E-state index contributed by atoms with van der Waals surface area (Å²) in [5.41, 5.74) is 0. The molecule has 0 aromatic carbocycles. The van der Waals surface area contributed by atoms with Crippen LogP contribution in [0.3, 0.4) is 0 Å². The lowest BCUT2D eigenvalue weighted by atomic mass is 10.1. The van der Waals surface area contributed by atoms with Gasteiger partial charge in [-0.1, -0.05) is 0 Å². The minimum Gasteiger partial charge on any atom is -0.480 e. The van der Waals surface area contributed by atoms with Gasteiger partial charge in [-0.2, -0.15) is 0 Å². The van der Waals surface area contributed by atoms with Crippen molar-refractivity contribution in [1.82, 2.24) is 10.6 Å². The highest BCUT2D eigenvalue weighted by molar-refractivity contribution is 5.75. The zero-order valence-corrected chi connectivity index (χ0v) is 8.12. The molecule has 0 aromatic heterocycles. The molecule has 0 aliphatic rings. The van der Waals surface area contributed by atoms with E-state index in [1.165, 1.54) is 0 Å². The van der Waals surface area contributed by atoms with Crippen molar-refractivity contribution in [3.63, 3.8) is 0 Å². The van der Waals surface area contributed by atoms with E-state index in [9.17, 15) is 9.59 Å². The van der Waals surface area contributed by atoms with E-state index in [1.807, 2.05) is 0 Å². The maximum Gasteiger partial charge on any atom is 0.320 e. The van der Waals surface area contributed by atoms with Gasteiger partial charge in [0.15, 0.2) is 0 Å². The first-order chi connectivity index (χ1) is 6.57. The summed E-state index contributed by atoms with van der Waals surface area (Å²) in [6.45, 7) is 0.398. The molecule has 0 aliphatic heterocycles. The molecule has 0 unspecified atom stereocenters. The predicted molar refractivity (Wildman–Crippen MR) is 50.2 cm³/mol. The fourth-order valence-corrected chi connectivity index (χ4v) is 1.01. The lowest BCUT2D eigenvalue weighted by Crippen LogP contribution is -2.40. The van der Waals surface area contributed by atoms with Crippen LogP contribution in [0.2, 0.25) is 0 Å². The molecule has 14 heavy (non-hydrogen) atoms. The van der Waals surface area contributed by atoms with Gasteiger partial charge in [-0.3, -0.25) is 14.9 Å². The molecule has 1 atom stereocenters. The molecule has 6 nitrogen and oxygen atoms in total. The summed E-state index contributed by atoms with van der Waals surface area (Å²) in [5, 5.41) is 22.4. The molecule has 6 heteroatoms. The number of carboxylic acids is 2. The fourth-order valence-electron chi connectivity index (χ4n) is 1.01. The molecular weight excluding hydrogens is 188 g/mol. The summed E-state index contributed by atoms with van der Waals surface area (Å²) in [7, 11) is 1.78. The number of carboxylic acid groups (broad SMARTS) is 2. The Morgan fingerprint density at radius 2 is 2.00 bits per heavy atom. The number of hydrogen-bond acceptors (Lipinski definition) is 4. The third kappa shape index (κ3) is 6.38. The van der Waals surface area contributed by atoms with Gasteiger partial charge in [-0.15, -0.1) is 0 Å². The summed E-state index contributed by atoms with van der Waals surface area (Å²) in [4.78, 5) is 20.8. The summed E-state index contributed by atoms with van der Waals surface area (Å²) in [6.07, 6.45) is 1.11. The van der Waals surface area contributed by atoms with Crippen molar-refractivity contribution in [2.45, 2.75) is 18.9 Å². The van der Waals surface area contributed by atoms with Crippen LogP contribution in [0.25, 0.3) is 0 Å². The summed E-state index contributed by atoms with van der Waals surface area (Å²) in [6, 6.07) is -0.778. The van der Waals surface area contributed by atoms with Crippen molar-refractivity contribution in [3.8, 4) is 0 Å². The Labute approximate surface area is 82.3 Å². The average molecular weight is 204 g/mol. The van der Waals surface area contributed by atoms with E-state index in [0.717, 1.165) is 6.54 Å². The van der Waals surface area contributed by atoms with Gasteiger partial charge in [-0.25, -0.2) is 0 Å². The normalized spacial score (nSPS) is 12.4. The maximum atomic E-state index is 10.6. The molecule has 0 rings (SSSR count). The minimum absolute atomic E-state index is 0.323. The quantitative estimate of drug-likeness (QED) is 0.383. The predicted octanol–water partition coefficient (Wildman–Crippen LogP) is -0.887. The topological polar surface area (TPSA) is 98.7 Å². The van der Waals surface area contributed by atoms with Gasteiger partial charge in [0.25, 0.3) is 0 Å². The van der Waals surface area contributed by atoms with E-state index < -0.39 is 18.0 Å². The van der Waals surface area contributed by atoms with Crippen LogP contribution in [-0.2, 0) is 9.59 Å². The van der Waals surface area contributed by atoms with Crippen molar-refractivity contribution in [1.29, 1.82) is 0 Å². The first-order valence-corrected chi connectivity index (χ1v) is 4.40. The smallest absolute Gasteiger partial charge is 0.320 e. The van der Waals surface area contributed by atoms with Crippen molar-refractivity contribution in [2.75, 3.05) is 20.1 Å². The van der Waals surface area contributed by atoms with Gasteiger partial charge in [0.2, 0.25) is 0 Å². The Balaban J connectivity index is 3.78. The van der Waals surface area contributed by atoms with Crippen LogP contribution in [-0.4, -0.2) is 48.3 Å². The zero-order chi connectivity index (χ0) is 11.0. The second-order valence-corrected chi connectivity index (χ2v) is 2.91. The number of hydrogen-bond donors (Lipinski definition) is 4. The number of nitrogens with one attached hydrogen (secondary N) is 2. The number of rotatable bonds is 8. The van der Waals surface area contributed by atoms with Gasteiger partial charge < -0.3 is 15.5 Å². The SMILES string of the molecule is CNCCC[C@H](NCC(=O)O)C(=O)O. The molecule has 0 fully saturated rings. The highest BCUT2D eigenvalue weighted by atomic mass is 16.4. The Morgan fingerprint density at radius 3 is 2.43 bits per heavy atom. The molecule has 82 valence electrons. The minimum atomic E-state index is -1.05. The molecule has 0 heterocycles. The average Bonchev–Trinajstić information content (AvgIpc) is 2.10. The first-order valence-electron chi connectivity index (χ1n) is 4.40. The Kier molecular flexibility index (Phi) is 6.69. The highest BCUT2D eigenvalue weighted by Crippen LogP contribution is 1.96. The van der Waals surface area contributed by atoms with Crippen molar-refractivity contribution < 1.29 is 19.8 Å². The van der Waals surface area contributed by atoms with Crippen molar-refractivity contribution >= 4 is 11.9 Å². The van der Waals surface area contributed by atoms with Crippen molar-refractivity contribution in [2.24, 2.45) is 0 Å². The number of carbonyl (C=O) groups is 2. The van der Waals surface area contributed by atoms with Gasteiger partial charge >= 0.3 is 11.9 Å². The molecule has 0 spiro atoms. The summed E-state index contributed by atoms with van der Waals surface area (Å²) in [5.74, 6) is -2.06. The maximum absolute atomic E-state index is 10.6. The van der Waals surface area contributed by atoms with Crippen LogP contribution in [0.1, 0.15) is 12.8 Å². The molecule has 0 saturated heterocycles. The Morgan fingerprint density at radius 1 is 1.36 bits per heavy atom. The van der Waals surface area contributed by atoms with E-state index in [4.69, 9.17) is 10.2 Å². The van der Waals surface area contributed by atoms with E-state index in [0.29, 0.717) is 12.8 Å². The Bertz CT molecular complexity index is 196. The van der Waals surface area contributed by atoms with Crippen LogP contribution < -0.4 is 10.6 Å². The van der Waals surface area contributed by atoms with Crippen LogP contribution in [0.15, 0.2) is 0 Å². The monoisotopic (exact) mass is 204 g/mol. The second-order valence-electron chi connectivity index (χ2n) is 2.91. The standard InChI is InChI=1S/C8H16N2O4/c1-9-4-2-3-6(8(13)14)10-5-7(11)12/h6,9-10H,2-5H2,1H3,(H,11,12)(H,13,14)/t6-/m0/s1. The van der Waals surface area contributed by atoms with Gasteiger partial charge in [0, 0.05) is 0 Å². The molecule has 0 amide bonds. The molecular formula is C8H16N2O4. The molecule has 0 aliphatic carbocycles. The Hall–Kier alpha value is -1.14. The van der Waals surface area contributed by atoms with Gasteiger partial charge in [-0.05, 0) is 26.4 Å². The number of aliphatic carboxylic acids is 2. The molecule has 0 aromatic rings. The molecule has 0 saturated carbocycles.